The highest BCUT2D eigenvalue weighted by Crippen LogP contribution is 2.20. The first-order valence-corrected chi connectivity index (χ1v) is 7.59. The van der Waals surface area contributed by atoms with Crippen molar-refractivity contribution in [1.82, 2.24) is 20.3 Å². The third-order valence-electron chi connectivity index (χ3n) is 3.41. The Morgan fingerprint density at radius 2 is 1.84 bits per heavy atom. The van der Waals surface area contributed by atoms with Crippen LogP contribution in [0.2, 0.25) is 0 Å². The number of hydrogen-bond acceptors (Lipinski definition) is 5. The molecule has 0 aliphatic rings. The Hall–Kier alpha value is -3.55. The van der Waals surface area contributed by atoms with Gasteiger partial charge in [0.05, 0.1) is 17.5 Å². The molecule has 0 saturated heterocycles. The van der Waals surface area contributed by atoms with Crippen molar-refractivity contribution in [2.45, 2.75) is 6.92 Å². The van der Waals surface area contributed by atoms with Crippen molar-refractivity contribution in [2.24, 2.45) is 0 Å². The molecule has 2 aromatic heterocycles. The van der Waals surface area contributed by atoms with Crippen LogP contribution < -0.4 is 10.6 Å². The Morgan fingerprint density at radius 1 is 1.08 bits per heavy atom. The number of aromatic carboxylic acids is 1. The number of urea groups is 1. The fourth-order valence-corrected chi connectivity index (χ4v) is 2.21. The SMILES string of the molecule is CCNC(=O)Nc1ccc2ncc(-c3ccc(C(=O)O)cc3)nc2n1. The molecule has 25 heavy (non-hydrogen) atoms. The minimum atomic E-state index is -0.987. The quantitative estimate of drug-likeness (QED) is 0.673. The lowest BCUT2D eigenvalue weighted by atomic mass is 10.1. The molecule has 0 aliphatic carbocycles. The van der Waals surface area contributed by atoms with Gasteiger partial charge in [0.25, 0.3) is 0 Å². The minimum absolute atomic E-state index is 0.198. The van der Waals surface area contributed by atoms with Gasteiger partial charge in [-0.1, -0.05) is 12.1 Å². The number of carboxylic acid groups (broad SMARTS) is 1. The van der Waals surface area contributed by atoms with Crippen LogP contribution in [0.25, 0.3) is 22.4 Å². The van der Waals surface area contributed by atoms with Crippen LogP contribution in [0, 0.1) is 0 Å². The minimum Gasteiger partial charge on any atom is -0.478 e. The normalized spacial score (nSPS) is 10.4. The first-order valence-electron chi connectivity index (χ1n) is 7.59. The van der Waals surface area contributed by atoms with Crippen LogP contribution in [-0.2, 0) is 0 Å². The number of hydrogen-bond donors (Lipinski definition) is 3. The van der Waals surface area contributed by atoms with Gasteiger partial charge in [-0.25, -0.2) is 19.6 Å². The van der Waals surface area contributed by atoms with E-state index in [-0.39, 0.29) is 11.6 Å². The summed E-state index contributed by atoms with van der Waals surface area (Å²) < 4.78 is 0. The number of amides is 2. The van der Waals surface area contributed by atoms with E-state index in [1.165, 1.54) is 12.1 Å². The van der Waals surface area contributed by atoms with Crippen molar-refractivity contribution in [1.29, 1.82) is 0 Å². The van der Waals surface area contributed by atoms with Gasteiger partial charge in [-0.2, -0.15) is 0 Å². The molecule has 0 aliphatic heterocycles. The Kier molecular flexibility index (Phi) is 4.51. The zero-order valence-corrected chi connectivity index (χ0v) is 13.4. The summed E-state index contributed by atoms with van der Waals surface area (Å²) in [6.07, 6.45) is 1.59. The fourth-order valence-electron chi connectivity index (χ4n) is 2.21. The van der Waals surface area contributed by atoms with E-state index < -0.39 is 5.97 Å². The second kappa shape index (κ2) is 6.91. The van der Waals surface area contributed by atoms with Crippen LogP contribution in [0.3, 0.4) is 0 Å². The Labute approximate surface area is 143 Å². The highest BCUT2D eigenvalue weighted by atomic mass is 16.4. The predicted molar refractivity (Wildman–Crippen MR) is 92.4 cm³/mol. The maximum atomic E-state index is 11.6. The molecule has 1 aromatic carbocycles. The summed E-state index contributed by atoms with van der Waals surface area (Å²) in [5, 5.41) is 14.2. The second-order valence-corrected chi connectivity index (χ2v) is 5.16. The van der Waals surface area contributed by atoms with E-state index in [9.17, 15) is 9.59 Å². The Balaban J connectivity index is 1.92. The smallest absolute Gasteiger partial charge is 0.335 e. The maximum absolute atomic E-state index is 11.6. The van der Waals surface area contributed by atoms with Crippen LogP contribution in [0.5, 0.6) is 0 Å². The molecule has 3 aromatic rings. The number of nitrogens with zero attached hydrogens (tertiary/aromatic N) is 3. The van der Waals surface area contributed by atoms with Crippen molar-refractivity contribution in [3.8, 4) is 11.3 Å². The third-order valence-corrected chi connectivity index (χ3v) is 3.41. The summed E-state index contributed by atoms with van der Waals surface area (Å²) in [6, 6.07) is 9.35. The number of pyridine rings is 1. The van der Waals surface area contributed by atoms with Crippen LogP contribution in [0.4, 0.5) is 10.6 Å². The van der Waals surface area contributed by atoms with Gasteiger partial charge in [0.2, 0.25) is 0 Å². The molecule has 0 atom stereocenters. The molecule has 8 nitrogen and oxygen atoms in total. The number of carbonyl (C=O) groups excluding carboxylic acids is 1. The summed E-state index contributed by atoms with van der Waals surface area (Å²) in [5.74, 6) is -0.620. The highest BCUT2D eigenvalue weighted by Gasteiger charge is 2.08. The highest BCUT2D eigenvalue weighted by molar-refractivity contribution is 5.90. The van der Waals surface area contributed by atoms with Gasteiger partial charge in [0, 0.05) is 12.1 Å². The monoisotopic (exact) mass is 337 g/mol. The molecule has 3 rings (SSSR count). The van der Waals surface area contributed by atoms with Crippen LogP contribution in [0.1, 0.15) is 17.3 Å². The van der Waals surface area contributed by atoms with E-state index in [2.05, 4.69) is 25.6 Å². The van der Waals surface area contributed by atoms with Crippen molar-refractivity contribution in [2.75, 3.05) is 11.9 Å². The fraction of sp³-hybridized carbons (Fsp3) is 0.118. The maximum Gasteiger partial charge on any atom is 0.335 e. The van der Waals surface area contributed by atoms with E-state index in [4.69, 9.17) is 5.11 Å². The zero-order chi connectivity index (χ0) is 17.8. The van der Waals surface area contributed by atoms with Crippen molar-refractivity contribution >= 4 is 29.0 Å². The van der Waals surface area contributed by atoms with Crippen LogP contribution in [-0.4, -0.2) is 38.6 Å². The van der Waals surface area contributed by atoms with E-state index >= 15 is 0 Å². The second-order valence-electron chi connectivity index (χ2n) is 5.16. The molecule has 0 unspecified atom stereocenters. The molecule has 0 bridgehead atoms. The topological polar surface area (TPSA) is 117 Å². The third kappa shape index (κ3) is 3.69. The van der Waals surface area contributed by atoms with Gasteiger partial charge in [0.15, 0.2) is 5.65 Å². The van der Waals surface area contributed by atoms with Gasteiger partial charge in [-0.15, -0.1) is 0 Å². The standard InChI is InChI=1S/C17H15N5O3/c1-2-18-17(25)22-14-8-7-12-15(21-14)20-13(9-19-12)10-3-5-11(6-4-10)16(23)24/h3-9H,2H2,1H3,(H,23,24)(H2,18,20,21,22,25). The molecule has 0 radical (unpaired) electrons. The van der Waals surface area contributed by atoms with Crippen molar-refractivity contribution < 1.29 is 14.7 Å². The number of rotatable bonds is 4. The molecule has 8 heteroatoms. The molecule has 0 fully saturated rings. The lowest BCUT2D eigenvalue weighted by molar-refractivity contribution is 0.0697. The lowest BCUT2D eigenvalue weighted by Gasteiger charge is -2.06. The molecule has 0 spiro atoms. The van der Waals surface area contributed by atoms with Gasteiger partial charge in [0.1, 0.15) is 11.3 Å². The van der Waals surface area contributed by atoms with Gasteiger partial charge >= 0.3 is 12.0 Å². The molecule has 3 N–H and O–H groups in total. The van der Waals surface area contributed by atoms with Gasteiger partial charge < -0.3 is 10.4 Å². The number of fused-ring (bicyclic) bond motifs is 1. The summed E-state index contributed by atoms with van der Waals surface area (Å²) in [7, 11) is 0. The van der Waals surface area contributed by atoms with Crippen molar-refractivity contribution in [3.63, 3.8) is 0 Å². The molecular formula is C17H15N5O3. The van der Waals surface area contributed by atoms with Gasteiger partial charge in [-0.3, -0.25) is 10.3 Å². The lowest BCUT2D eigenvalue weighted by Crippen LogP contribution is -2.28. The molecule has 0 saturated carbocycles. The van der Waals surface area contributed by atoms with Crippen molar-refractivity contribution in [3.05, 3.63) is 48.2 Å². The van der Waals surface area contributed by atoms with Gasteiger partial charge in [-0.05, 0) is 31.2 Å². The Bertz CT molecular complexity index is 941. The molecule has 2 amide bonds. The average Bonchev–Trinajstić information content (AvgIpc) is 2.61. The average molecular weight is 337 g/mol. The molecule has 126 valence electrons. The predicted octanol–water partition coefficient (Wildman–Crippen LogP) is 2.53. The zero-order valence-electron chi connectivity index (χ0n) is 13.4. The number of carboxylic acids is 1. The summed E-state index contributed by atoms with van der Waals surface area (Å²) in [6.45, 7) is 2.33. The Morgan fingerprint density at radius 3 is 2.52 bits per heavy atom. The first kappa shape index (κ1) is 16.3. The summed E-state index contributed by atoms with van der Waals surface area (Å²) >= 11 is 0. The van der Waals surface area contributed by atoms with E-state index in [1.54, 1.807) is 30.5 Å². The number of carbonyl (C=O) groups is 2. The number of nitrogens with one attached hydrogen (secondary N) is 2. The van der Waals surface area contributed by atoms with Crippen LogP contribution in [0.15, 0.2) is 42.6 Å². The largest absolute Gasteiger partial charge is 0.478 e. The van der Waals surface area contributed by atoms with E-state index in [1.807, 2.05) is 6.92 Å². The van der Waals surface area contributed by atoms with E-state index in [0.29, 0.717) is 29.2 Å². The number of anilines is 1. The summed E-state index contributed by atoms with van der Waals surface area (Å²) in [5.41, 5.74) is 2.46. The first-order chi connectivity index (χ1) is 12.1. The van der Waals surface area contributed by atoms with Crippen LogP contribution >= 0.6 is 0 Å². The van der Waals surface area contributed by atoms with E-state index in [0.717, 1.165) is 5.56 Å². The number of aromatic nitrogens is 3. The molecule has 2 heterocycles. The molecular weight excluding hydrogens is 322 g/mol. The number of benzene rings is 1. The summed E-state index contributed by atoms with van der Waals surface area (Å²) in [4.78, 5) is 35.5.